The SMILES string of the molecule is CC1(C)c2ccccc2-c2cc(-c3ccc(-c4ccccc4)cc3)c(N(c3ccc(-c4ccccc4)cc3)c3ccccc3-c3ccccc3)cc21. The summed E-state index contributed by atoms with van der Waals surface area (Å²) in [6.07, 6.45) is 0. The second-order valence-electron chi connectivity index (χ2n) is 14.2. The highest BCUT2D eigenvalue weighted by atomic mass is 15.1. The Hall–Kier alpha value is -6.44. The highest BCUT2D eigenvalue weighted by Crippen LogP contribution is 2.54. The van der Waals surface area contributed by atoms with Crippen LogP contribution in [0.2, 0.25) is 0 Å². The molecule has 0 aliphatic heterocycles. The Bertz CT molecular complexity index is 2500. The van der Waals surface area contributed by atoms with Crippen LogP contribution in [0.25, 0.3) is 55.6 Å². The first kappa shape index (κ1) is 31.5. The van der Waals surface area contributed by atoms with Crippen molar-refractivity contribution in [3.8, 4) is 55.6 Å². The third kappa shape index (κ3) is 5.52. The highest BCUT2D eigenvalue weighted by Gasteiger charge is 2.37. The minimum Gasteiger partial charge on any atom is -0.309 e. The molecule has 0 aromatic heterocycles. The molecule has 1 aliphatic rings. The summed E-state index contributed by atoms with van der Waals surface area (Å²) in [4.78, 5) is 2.48. The van der Waals surface area contributed by atoms with Crippen molar-refractivity contribution in [3.05, 3.63) is 211 Å². The van der Waals surface area contributed by atoms with E-state index < -0.39 is 0 Å². The summed E-state index contributed by atoms with van der Waals surface area (Å²) in [7, 11) is 0. The number of hydrogen-bond donors (Lipinski definition) is 0. The zero-order valence-electron chi connectivity index (χ0n) is 29.5. The van der Waals surface area contributed by atoms with E-state index in [9.17, 15) is 0 Å². The molecule has 248 valence electrons. The molecule has 0 unspecified atom stereocenters. The molecule has 8 aromatic carbocycles. The van der Waals surface area contributed by atoms with Gasteiger partial charge in [-0.25, -0.2) is 0 Å². The van der Waals surface area contributed by atoms with Crippen LogP contribution in [0, 0.1) is 0 Å². The summed E-state index contributed by atoms with van der Waals surface area (Å²) in [5.41, 5.74) is 18.2. The van der Waals surface area contributed by atoms with Gasteiger partial charge in [-0.15, -0.1) is 0 Å². The van der Waals surface area contributed by atoms with Crippen LogP contribution >= 0.6 is 0 Å². The molecule has 1 heteroatoms. The van der Waals surface area contributed by atoms with E-state index in [1.165, 1.54) is 66.8 Å². The molecule has 0 bridgehead atoms. The number of para-hydroxylation sites is 1. The molecule has 0 heterocycles. The van der Waals surface area contributed by atoms with Gasteiger partial charge in [0.25, 0.3) is 0 Å². The quantitative estimate of drug-likeness (QED) is 0.164. The number of fused-ring (bicyclic) bond motifs is 3. The number of nitrogens with zero attached hydrogens (tertiary/aromatic N) is 1. The summed E-state index contributed by atoms with van der Waals surface area (Å²) in [6, 6.07) is 72.9. The summed E-state index contributed by atoms with van der Waals surface area (Å²) in [6.45, 7) is 4.74. The first-order valence-electron chi connectivity index (χ1n) is 18.1. The maximum atomic E-state index is 2.48. The van der Waals surface area contributed by atoms with Crippen molar-refractivity contribution >= 4 is 17.1 Å². The number of hydrogen-bond acceptors (Lipinski definition) is 1. The van der Waals surface area contributed by atoms with E-state index in [0.717, 1.165) is 17.1 Å². The molecule has 1 aliphatic carbocycles. The molecule has 0 fully saturated rings. The third-order valence-electron chi connectivity index (χ3n) is 10.7. The second-order valence-corrected chi connectivity index (χ2v) is 14.2. The van der Waals surface area contributed by atoms with Gasteiger partial charge < -0.3 is 4.90 Å². The van der Waals surface area contributed by atoms with Crippen LogP contribution in [0.5, 0.6) is 0 Å². The Labute approximate surface area is 307 Å². The Kier molecular flexibility index (Phi) is 7.90. The third-order valence-corrected chi connectivity index (χ3v) is 10.7. The van der Waals surface area contributed by atoms with E-state index in [1.54, 1.807) is 0 Å². The molecule has 0 spiro atoms. The maximum absolute atomic E-state index is 2.48. The van der Waals surface area contributed by atoms with Crippen LogP contribution in [-0.4, -0.2) is 0 Å². The first-order chi connectivity index (χ1) is 25.6. The van der Waals surface area contributed by atoms with Crippen molar-refractivity contribution in [1.29, 1.82) is 0 Å². The predicted molar refractivity (Wildman–Crippen MR) is 220 cm³/mol. The lowest BCUT2D eigenvalue weighted by Crippen LogP contribution is -2.17. The number of anilines is 3. The zero-order chi connectivity index (χ0) is 35.1. The van der Waals surface area contributed by atoms with Gasteiger partial charge in [-0.2, -0.15) is 0 Å². The second kappa shape index (κ2) is 13.0. The van der Waals surface area contributed by atoms with Gasteiger partial charge in [-0.05, 0) is 86.0 Å². The van der Waals surface area contributed by atoms with E-state index in [0.29, 0.717) is 0 Å². The number of rotatable bonds is 7. The van der Waals surface area contributed by atoms with Gasteiger partial charge in [-0.3, -0.25) is 0 Å². The molecule has 52 heavy (non-hydrogen) atoms. The fourth-order valence-corrected chi connectivity index (χ4v) is 8.00. The Morgan fingerprint density at radius 1 is 0.308 bits per heavy atom. The molecular formula is C51H39N. The van der Waals surface area contributed by atoms with Gasteiger partial charge in [0.2, 0.25) is 0 Å². The van der Waals surface area contributed by atoms with Gasteiger partial charge in [0, 0.05) is 22.2 Å². The fraction of sp³-hybridized carbons (Fsp3) is 0.0588. The van der Waals surface area contributed by atoms with Crippen molar-refractivity contribution in [2.75, 3.05) is 4.90 Å². The molecule has 1 nitrogen and oxygen atoms in total. The summed E-state index contributed by atoms with van der Waals surface area (Å²) in [5, 5.41) is 0. The molecule has 9 rings (SSSR count). The van der Waals surface area contributed by atoms with Gasteiger partial charge in [-0.1, -0.05) is 184 Å². The monoisotopic (exact) mass is 665 g/mol. The van der Waals surface area contributed by atoms with Crippen LogP contribution in [-0.2, 0) is 5.41 Å². The van der Waals surface area contributed by atoms with Crippen LogP contribution in [0.4, 0.5) is 17.1 Å². The van der Waals surface area contributed by atoms with Crippen LogP contribution in [0.3, 0.4) is 0 Å². The van der Waals surface area contributed by atoms with E-state index in [-0.39, 0.29) is 5.41 Å². The molecule has 0 atom stereocenters. The molecule has 0 saturated carbocycles. The first-order valence-corrected chi connectivity index (χ1v) is 18.1. The molecule has 0 saturated heterocycles. The van der Waals surface area contributed by atoms with Gasteiger partial charge >= 0.3 is 0 Å². The number of benzene rings is 8. The highest BCUT2D eigenvalue weighted by molar-refractivity contribution is 5.97. The minimum atomic E-state index is -0.155. The molecule has 8 aromatic rings. The normalized spacial score (nSPS) is 12.6. The maximum Gasteiger partial charge on any atom is 0.0543 e. The molecular weight excluding hydrogens is 627 g/mol. The summed E-state index contributed by atoms with van der Waals surface area (Å²) in [5.74, 6) is 0. The molecule has 0 radical (unpaired) electrons. The van der Waals surface area contributed by atoms with Crippen LogP contribution < -0.4 is 4.90 Å². The Morgan fingerprint density at radius 3 is 1.37 bits per heavy atom. The molecule has 0 amide bonds. The average molecular weight is 666 g/mol. The van der Waals surface area contributed by atoms with Crippen molar-refractivity contribution in [1.82, 2.24) is 0 Å². The lowest BCUT2D eigenvalue weighted by molar-refractivity contribution is 0.660. The zero-order valence-corrected chi connectivity index (χ0v) is 29.5. The van der Waals surface area contributed by atoms with E-state index >= 15 is 0 Å². The van der Waals surface area contributed by atoms with E-state index in [2.05, 4.69) is 219 Å². The van der Waals surface area contributed by atoms with Gasteiger partial charge in [0.1, 0.15) is 0 Å². The van der Waals surface area contributed by atoms with E-state index in [4.69, 9.17) is 0 Å². The largest absolute Gasteiger partial charge is 0.309 e. The van der Waals surface area contributed by atoms with Crippen molar-refractivity contribution in [2.24, 2.45) is 0 Å². The summed E-state index contributed by atoms with van der Waals surface area (Å²) >= 11 is 0. The summed E-state index contributed by atoms with van der Waals surface area (Å²) < 4.78 is 0. The predicted octanol–water partition coefficient (Wildman–Crippen LogP) is 14.1. The smallest absolute Gasteiger partial charge is 0.0543 e. The van der Waals surface area contributed by atoms with Crippen molar-refractivity contribution in [2.45, 2.75) is 19.3 Å². The topological polar surface area (TPSA) is 3.24 Å². The Balaban J connectivity index is 1.31. The Morgan fingerprint density at radius 2 is 0.750 bits per heavy atom. The fourth-order valence-electron chi connectivity index (χ4n) is 8.00. The lowest BCUT2D eigenvalue weighted by atomic mass is 9.81. The standard InChI is InChI=1S/C51H39N/c1-51(2)47-24-14-12-23-44(47)46-34-45(41-28-26-38(27-29-41)36-16-6-3-7-17-36)50(35-48(46)51)52(42-32-30-39(31-33-42)37-18-8-4-9-19-37)49-25-15-13-22-43(49)40-20-10-5-11-21-40/h3-35H,1-2H3. The van der Waals surface area contributed by atoms with Crippen molar-refractivity contribution in [3.63, 3.8) is 0 Å². The van der Waals surface area contributed by atoms with Crippen LogP contribution in [0.15, 0.2) is 200 Å². The lowest BCUT2D eigenvalue weighted by Gasteiger charge is -2.32. The minimum absolute atomic E-state index is 0.155. The molecule has 0 N–H and O–H groups in total. The van der Waals surface area contributed by atoms with E-state index in [1.807, 2.05) is 0 Å². The van der Waals surface area contributed by atoms with Gasteiger partial charge in [0.15, 0.2) is 0 Å². The average Bonchev–Trinajstić information content (AvgIpc) is 3.44. The van der Waals surface area contributed by atoms with Gasteiger partial charge in [0.05, 0.1) is 11.4 Å². The van der Waals surface area contributed by atoms with Crippen molar-refractivity contribution < 1.29 is 0 Å². The van der Waals surface area contributed by atoms with Crippen LogP contribution in [0.1, 0.15) is 25.0 Å².